The normalized spacial score (nSPS) is 20.6. The number of ether oxygens (including phenoxy) is 9. The molecule has 2 aliphatic rings. The number of rotatable bonds is 37. The molecule has 0 aromatic carbocycles. The van der Waals surface area contributed by atoms with E-state index in [9.17, 15) is 54.6 Å². The number of likely N-dealkylation sites (N-methyl/N-ethyl adjacent to an activating group) is 1. The number of nitrogens with one attached hydrogen (secondary N) is 1. The van der Waals surface area contributed by atoms with E-state index in [0.717, 1.165) is 17.9 Å². The molecule has 10 atom stereocenters. The van der Waals surface area contributed by atoms with Crippen molar-refractivity contribution in [2.24, 2.45) is 38.8 Å². The highest BCUT2D eigenvalue weighted by molar-refractivity contribution is 5.86. The number of aliphatic hydroxyl groups is 4. The van der Waals surface area contributed by atoms with Crippen LogP contribution in [0, 0.1) is 18.3 Å². The molecule has 0 unspecified atom stereocenters. The number of aliphatic imine (C=N–C) groups is 2. The number of carboxylic acids is 2. The number of nitrogens with two attached hydrogens (primary N) is 4. The summed E-state index contributed by atoms with van der Waals surface area (Å²) in [5, 5.41) is 63.2. The van der Waals surface area contributed by atoms with Crippen LogP contribution in [0.5, 0.6) is 0 Å². The molecule has 0 bridgehead atoms. The average molecular weight is 1090 g/mol. The zero-order valence-corrected chi connectivity index (χ0v) is 43.4. The van der Waals surface area contributed by atoms with E-state index in [2.05, 4.69) is 21.2 Å². The fourth-order valence-electron chi connectivity index (χ4n) is 7.44. The van der Waals surface area contributed by atoms with Gasteiger partial charge in [0.1, 0.15) is 24.9 Å². The number of nitrogens with zero attached hydrogens (tertiary/aromatic N) is 5. The van der Waals surface area contributed by atoms with Crippen LogP contribution < -0.4 is 28.3 Å². The van der Waals surface area contributed by atoms with E-state index in [-0.39, 0.29) is 38.9 Å². The van der Waals surface area contributed by atoms with Gasteiger partial charge >= 0.3 is 24.1 Å². The molecule has 2 heterocycles. The molecule has 15 N–H and O–H groups in total. The summed E-state index contributed by atoms with van der Waals surface area (Å²) in [6, 6.07) is -3.41. The maximum absolute atomic E-state index is 13.5. The van der Waals surface area contributed by atoms with Crippen LogP contribution in [-0.4, -0.2) is 268 Å². The van der Waals surface area contributed by atoms with Crippen molar-refractivity contribution in [2.45, 2.75) is 81.4 Å². The summed E-state index contributed by atoms with van der Waals surface area (Å²) in [6.07, 6.45) is -3.18. The third-order valence-corrected chi connectivity index (χ3v) is 11.4. The van der Waals surface area contributed by atoms with E-state index in [1.807, 2.05) is 4.90 Å². The lowest BCUT2D eigenvalue weighted by Gasteiger charge is -2.40. The first-order chi connectivity index (χ1) is 36.1. The van der Waals surface area contributed by atoms with Gasteiger partial charge in [-0.1, -0.05) is 12.8 Å². The van der Waals surface area contributed by atoms with Gasteiger partial charge in [0, 0.05) is 53.1 Å². The van der Waals surface area contributed by atoms with Gasteiger partial charge in [0.05, 0.1) is 90.8 Å². The largest absolute Gasteiger partial charge is 0.479 e. The van der Waals surface area contributed by atoms with Crippen molar-refractivity contribution in [2.75, 3.05) is 126 Å². The Morgan fingerprint density at radius 1 is 0.671 bits per heavy atom. The summed E-state index contributed by atoms with van der Waals surface area (Å²) in [4.78, 5) is 75.2. The van der Waals surface area contributed by atoms with Gasteiger partial charge in [-0.15, -0.1) is 6.42 Å². The van der Waals surface area contributed by atoms with Gasteiger partial charge in [-0.3, -0.25) is 9.69 Å². The molecule has 0 aromatic heterocycles. The minimum Gasteiger partial charge on any atom is -0.479 e. The van der Waals surface area contributed by atoms with Crippen LogP contribution in [0.3, 0.4) is 0 Å². The van der Waals surface area contributed by atoms with Crippen LogP contribution in [0.4, 0.5) is 9.59 Å². The van der Waals surface area contributed by atoms with E-state index < -0.39 is 121 Å². The first-order valence-electron chi connectivity index (χ1n) is 24.3. The number of hydrogen-bond donors (Lipinski definition) is 11. The number of carboxylic acid groups (broad SMARTS) is 2. The fraction of sp³-hybridized carbons (Fsp3) is 0.717. The monoisotopic (exact) mass is 1090 g/mol. The Hall–Kier alpha value is -6.27. The number of aliphatic carboxylic acids is 2. The number of hydrogen-bond acceptors (Lipinski definition) is 21. The second kappa shape index (κ2) is 35.9. The highest BCUT2D eigenvalue weighted by atomic mass is 16.6. The molecule has 0 saturated heterocycles. The van der Waals surface area contributed by atoms with Crippen LogP contribution in [0.25, 0.3) is 0 Å². The standard InChI is InChI=1S/C46H78N10O20/c1-6-14-68-18-20-71-22-23-72-21-19-70-17-13-56(12-16-69-15-11-55(5)46(67)75-38(32(60)26-57)37-28(2)30(52-43(47)48)24-34(73-37)41(62)63)10-8-7-9-54(4)45(66)76-39(33(61)27-58)40-36(51-29(3)59)31(53-44(49)50)25-35(74-40)42(64)65/h1,24-25,28,30-33,36-40,57-58,60-61H,7-23,26-27H2,2-5H3,(H,51,59)(H,62,63)(H,64,65)(H4,47,48,52)(H4,49,50,53)/t28-,30+,31+,32-,33-,36-,37-,38-,39-,40-/m1/s1. The predicted octanol–water partition coefficient (Wildman–Crippen LogP) is -4.48. The van der Waals surface area contributed by atoms with E-state index in [1.54, 1.807) is 6.92 Å². The first-order valence-corrected chi connectivity index (χ1v) is 24.3. The molecule has 0 radical (unpaired) electrons. The fourth-order valence-corrected chi connectivity index (χ4v) is 7.44. The lowest BCUT2D eigenvalue weighted by atomic mass is 9.87. The van der Waals surface area contributed by atoms with E-state index >= 15 is 0 Å². The molecule has 0 aromatic rings. The minimum atomic E-state index is -1.81. The Morgan fingerprint density at radius 3 is 1.58 bits per heavy atom. The summed E-state index contributed by atoms with van der Waals surface area (Å²) in [5.41, 5.74) is 22.2. The number of unbranched alkanes of at least 4 members (excludes halogenated alkanes) is 1. The lowest BCUT2D eigenvalue weighted by Crippen LogP contribution is -2.61. The smallest absolute Gasteiger partial charge is 0.410 e. The number of carbonyl (C=O) groups excluding carboxylic acids is 3. The quantitative estimate of drug-likeness (QED) is 0.0121. The summed E-state index contributed by atoms with van der Waals surface area (Å²) in [7, 11) is 2.84. The van der Waals surface area contributed by atoms with Gasteiger partial charge < -0.3 is 111 Å². The van der Waals surface area contributed by atoms with Crippen LogP contribution in [0.15, 0.2) is 33.7 Å². The van der Waals surface area contributed by atoms with Crippen LogP contribution >= 0.6 is 0 Å². The van der Waals surface area contributed by atoms with Crippen molar-refractivity contribution in [3.8, 4) is 12.3 Å². The first kappa shape index (κ1) is 65.8. The number of amides is 3. The average Bonchev–Trinajstić information content (AvgIpc) is 3.36. The highest BCUT2D eigenvalue weighted by Gasteiger charge is 2.47. The number of guanidine groups is 2. The van der Waals surface area contributed by atoms with E-state index in [0.29, 0.717) is 78.7 Å². The third-order valence-electron chi connectivity index (χ3n) is 11.4. The maximum atomic E-state index is 13.5. The SMILES string of the molecule is C#CCOCCOCCOCCOCCN(CCCCN(C)C(=O)O[C@@H]([C@@H]1OC(C(=O)O)=C[C@H](N=C(N)N)[C@H]1NC(C)=O)[C@H](O)CO)CCOCCN(C)C(=O)O[C@@H]([C@@H]1OC(C(=O)O)=C[C@H](N=C(N)N)[C@H]1C)[C@H](O)CO. The Balaban J connectivity index is 2.05. The maximum Gasteiger partial charge on any atom is 0.410 e. The van der Waals surface area contributed by atoms with Crippen molar-refractivity contribution in [3.63, 3.8) is 0 Å². The van der Waals surface area contributed by atoms with Crippen molar-refractivity contribution in [1.29, 1.82) is 0 Å². The molecule has 76 heavy (non-hydrogen) atoms. The second-order valence-electron chi connectivity index (χ2n) is 17.3. The molecule has 30 heteroatoms. The molecule has 0 aliphatic carbocycles. The van der Waals surface area contributed by atoms with Crippen molar-refractivity contribution < 1.29 is 97.2 Å². The molecule has 2 rings (SSSR count). The van der Waals surface area contributed by atoms with Crippen LogP contribution in [-0.2, 0) is 57.0 Å². The second-order valence-corrected chi connectivity index (χ2v) is 17.3. The zero-order valence-electron chi connectivity index (χ0n) is 43.4. The third kappa shape index (κ3) is 24.2. The summed E-state index contributed by atoms with van der Waals surface area (Å²) in [6.45, 7) is 5.28. The van der Waals surface area contributed by atoms with E-state index in [4.69, 9.17) is 72.0 Å². The Bertz CT molecular complexity index is 1970. The van der Waals surface area contributed by atoms with Crippen LogP contribution in [0.2, 0.25) is 0 Å². The Kier molecular flexibility index (Phi) is 31.1. The molecular weight excluding hydrogens is 1010 g/mol. The summed E-state index contributed by atoms with van der Waals surface area (Å²) in [5.74, 6) is -3.97. The summed E-state index contributed by atoms with van der Waals surface area (Å²) < 4.78 is 50.2. The van der Waals surface area contributed by atoms with Crippen molar-refractivity contribution in [1.82, 2.24) is 20.0 Å². The Morgan fingerprint density at radius 2 is 1.09 bits per heavy atom. The lowest BCUT2D eigenvalue weighted by molar-refractivity contribution is -0.148. The Labute approximate surface area is 440 Å². The number of terminal acetylenes is 1. The number of aliphatic hydroxyl groups excluding tert-OH is 4. The molecule has 30 nitrogen and oxygen atoms in total. The topological polar surface area (TPSA) is 440 Å². The van der Waals surface area contributed by atoms with Gasteiger partial charge in [0.25, 0.3) is 0 Å². The van der Waals surface area contributed by atoms with Gasteiger partial charge in [0.15, 0.2) is 30.2 Å². The zero-order chi connectivity index (χ0) is 56.7. The minimum absolute atomic E-state index is 0.0140. The van der Waals surface area contributed by atoms with E-state index in [1.165, 1.54) is 25.1 Å². The van der Waals surface area contributed by atoms with Gasteiger partial charge in [0.2, 0.25) is 17.4 Å². The van der Waals surface area contributed by atoms with Crippen LogP contribution in [0.1, 0.15) is 26.7 Å². The van der Waals surface area contributed by atoms with Gasteiger partial charge in [-0.05, 0) is 31.5 Å². The molecule has 0 fully saturated rings. The molecule has 3 amide bonds. The number of carbonyl (C=O) groups is 5. The molecule has 0 spiro atoms. The predicted molar refractivity (Wildman–Crippen MR) is 268 cm³/mol. The molecule has 2 aliphatic heterocycles. The van der Waals surface area contributed by atoms with Gasteiger partial charge in [-0.2, -0.15) is 0 Å². The van der Waals surface area contributed by atoms with Crippen molar-refractivity contribution >= 4 is 42.0 Å². The highest BCUT2D eigenvalue weighted by Crippen LogP contribution is 2.31. The molecular formula is C46H78N10O20. The van der Waals surface area contributed by atoms with Gasteiger partial charge in [-0.25, -0.2) is 29.2 Å². The molecule has 432 valence electrons. The van der Waals surface area contributed by atoms with Crippen molar-refractivity contribution in [3.05, 3.63) is 23.7 Å². The molecule has 0 saturated carbocycles. The summed E-state index contributed by atoms with van der Waals surface area (Å²) >= 11 is 0.